The highest BCUT2D eigenvalue weighted by atomic mass is 15.1. The van der Waals surface area contributed by atoms with Crippen LogP contribution in [-0.4, -0.2) is 16.5 Å². The molecule has 1 aliphatic heterocycles. The Hall–Kier alpha value is -1.58. The van der Waals surface area contributed by atoms with Crippen molar-refractivity contribution in [2.24, 2.45) is 0 Å². The molecule has 0 amide bonds. The van der Waals surface area contributed by atoms with Gasteiger partial charge in [-0.1, -0.05) is 6.58 Å². The smallest absolute Gasteiger partial charge is 0.157 e. The molecule has 0 saturated carbocycles. The van der Waals surface area contributed by atoms with E-state index in [1.165, 1.54) is 6.33 Å². The summed E-state index contributed by atoms with van der Waals surface area (Å²) < 4.78 is 0. The van der Waals surface area contributed by atoms with Crippen LogP contribution in [0.4, 0.5) is 11.5 Å². The first-order chi connectivity index (χ1) is 5.36. The standard InChI is InChI=1S/C7H8N4/c1-5-2-9-6-3-8-4-10-7(6)11-5/h3-4,9H,1-2H2,(H,8,10,11). The lowest BCUT2D eigenvalue weighted by Gasteiger charge is -2.19. The SMILES string of the molecule is C=C1CNc2cncnc2N1. The fraction of sp³-hybridized carbons (Fsp3) is 0.143. The summed E-state index contributed by atoms with van der Waals surface area (Å²) in [7, 11) is 0. The zero-order valence-corrected chi connectivity index (χ0v) is 5.96. The van der Waals surface area contributed by atoms with Gasteiger partial charge in [-0.25, -0.2) is 9.97 Å². The van der Waals surface area contributed by atoms with Crippen LogP contribution in [0.15, 0.2) is 24.8 Å². The molecule has 4 heteroatoms. The number of aromatic nitrogens is 2. The van der Waals surface area contributed by atoms with Crippen molar-refractivity contribution in [2.75, 3.05) is 17.2 Å². The molecule has 0 bridgehead atoms. The Morgan fingerprint density at radius 2 is 2.45 bits per heavy atom. The number of nitrogens with one attached hydrogen (secondary N) is 2. The molecule has 0 spiro atoms. The summed E-state index contributed by atoms with van der Waals surface area (Å²) in [5.74, 6) is 0.802. The second kappa shape index (κ2) is 2.23. The van der Waals surface area contributed by atoms with Crippen molar-refractivity contribution >= 4 is 11.5 Å². The van der Waals surface area contributed by atoms with Gasteiger partial charge in [0, 0.05) is 5.70 Å². The summed E-state index contributed by atoms with van der Waals surface area (Å²) in [6, 6.07) is 0. The third-order valence-electron chi connectivity index (χ3n) is 1.50. The maximum absolute atomic E-state index is 4.02. The summed E-state index contributed by atoms with van der Waals surface area (Å²) in [5, 5.41) is 6.18. The molecule has 11 heavy (non-hydrogen) atoms. The van der Waals surface area contributed by atoms with Crippen LogP contribution >= 0.6 is 0 Å². The number of hydrogen-bond donors (Lipinski definition) is 2. The highest BCUT2D eigenvalue weighted by molar-refractivity contribution is 5.68. The molecule has 2 N–H and O–H groups in total. The number of fused-ring (bicyclic) bond motifs is 1. The minimum atomic E-state index is 0.736. The van der Waals surface area contributed by atoms with E-state index in [0.717, 1.165) is 23.7 Å². The van der Waals surface area contributed by atoms with Crippen molar-refractivity contribution in [3.8, 4) is 0 Å². The minimum absolute atomic E-state index is 0.736. The molecule has 2 rings (SSSR count). The zero-order chi connectivity index (χ0) is 7.68. The molecule has 0 aromatic carbocycles. The lowest BCUT2D eigenvalue weighted by Crippen LogP contribution is -2.18. The molecule has 1 aliphatic rings. The number of anilines is 2. The lowest BCUT2D eigenvalue weighted by atomic mass is 10.3. The van der Waals surface area contributed by atoms with Gasteiger partial charge >= 0.3 is 0 Å². The highest BCUT2D eigenvalue weighted by Gasteiger charge is 2.09. The van der Waals surface area contributed by atoms with E-state index in [9.17, 15) is 0 Å². The molecule has 0 atom stereocenters. The number of nitrogens with zero attached hydrogens (tertiary/aromatic N) is 2. The van der Waals surface area contributed by atoms with Crippen molar-refractivity contribution < 1.29 is 0 Å². The summed E-state index contributed by atoms with van der Waals surface area (Å²) in [6.45, 7) is 4.52. The lowest BCUT2D eigenvalue weighted by molar-refractivity contribution is 1.08. The Morgan fingerprint density at radius 3 is 3.36 bits per heavy atom. The second-order valence-electron chi connectivity index (χ2n) is 2.37. The minimum Gasteiger partial charge on any atom is -0.375 e. The molecule has 0 unspecified atom stereocenters. The van der Waals surface area contributed by atoms with E-state index < -0.39 is 0 Å². The van der Waals surface area contributed by atoms with Gasteiger partial charge in [-0.15, -0.1) is 0 Å². The third-order valence-corrected chi connectivity index (χ3v) is 1.50. The fourth-order valence-electron chi connectivity index (χ4n) is 0.972. The molecular formula is C7H8N4. The summed E-state index contributed by atoms with van der Waals surface area (Å²) in [5.41, 5.74) is 1.86. The third kappa shape index (κ3) is 1.02. The highest BCUT2D eigenvalue weighted by Crippen LogP contribution is 2.21. The molecule has 4 nitrogen and oxygen atoms in total. The van der Waals surface area contributed by atoms with E-state index in [2.05, 4.69) is 27.2 Å². The molecule has 1 aromatic rings. The van der Waals surface area contributed by atoms with Gasteiger partial charge in [0.15, 0.2) is 5.82 Å². The van der Waals surface area contributed by atoms with Crippen LogP contribution in [0.3, 0.4) is 0 Å². The van der Waals surface area contributed by atoms with Gasteiger partial charge in [0.1, 0.15) is 6.33 Å². The Labute approximate surface area is 64.4 Å². The Kier molecular flexibility index (Phi) is 1.25. The molecule has 0 aliphatic carbocycles. The topological polar surface area (TPSA) is 49.8 Å². The summed E-state index contributed by atoms with van der Waals surface area (Å²) in [6.07, 6.45) is 3.24. The van der Waals surface area contributed by atoms with Gasteiger partial charge in [0.05, 0.1) is 18.4 Å². The van der Waals surface area contributed by atoms with Crippen LogP contribution in [-0.2, 0) is 0 Å². The Bertz CT molecular complexity index is 294. The normalized spacial score (nSPS) is 14.7. The van der Waals surface area contributed by atoms with E-state index in [0.29, 0.717) is 0 Å². The molecular weight excluding hydrogens is 140 g/mol. The Balaban J connectivity index is 2.41. The van der Waals surface area contributed by atoms with Gasteiger partial charge in [0.2, 0.25) is 0 Å². The maximum atomic E-state index is 4.02. The van der Waals surface area contributed by atoms with Gasteiger partial charge in [0.25, 0.3) is 0 Å². The van der Waals surface area contributed by atoms with Crippen molar-refractivity contribution in [1.29, 1.82) is 0 Å². The molecule has 1 aromatic heterocycles. The number of hydrogen-bond acceptors (Lipinski definition) is 4. The molecule has 0 radical (unpaired) electrons. The average Bonchev–Trinajstić information content (AvgIpc) is 2.04. The van der Waals surface area contributed by atoms with E-state index in [4.69, 9.17) is 0 Å². The fourth-order valence-corrected chi connectivity index (χ4v) is 0.972. The van der Waals surface area contributed by atoms with Crippen molar-refractivity contribution in [2.45, 2.75) is 0 Å². The number of rotatable bonds is 0. The molecule has 0 saturated heterocycles. The van der Waals surface area contributed by atoms with Gasteiger partial charge < -0.3 is 10.6 Å². The van der Waals surface area contributed by atoms with Crippen LogP contribution < -0.4 is 10.6 Å². The zero-order valence-electron chi connectivity index (χ0n) is 5.96. The largest absolute Gasteiger partial charge is 0.375 e. The van der Waals surface area contributed by atoms with Crippen LogP contribution in [0.1, 0.15) is 0 Å². The van der Waals surface area contributed by atoms with E-state index in [1.807, 2.05) is 0 Å². The van der Waals surface area contributed by atoms with Crippen molar-refractivity contribution in [3.05, 3.63) is 24.8 Å². The Morgan fingerprint density at radius 1 is 1.55 bits per heavy atom. The molecule has 0 fully saturated rings. The quantitative estimate of drug-likeness (QED) is 0.572. The molecule has 2 heterocycles. The van der Waals surface area contributed by atoms with Crippen LogP contribution in [0.25, 0.3) is 0 Å². The van der Waals surface area contributed by atoms with E-state index in [-0.39, 0.29) is 0 Å². The van der Waals surface area contributed by atoms with Gasteiger partial charge in [-0.3, -0.25) is 0 Å². The first kappa shape index (κ1) is 6.15. The van der Waals surface area contributed by atoms with E-state index >= 15 is 0 Å². The second-order valence-corrected chi connectivity index (χ2v) is 2.37. The molecule has 56 valence electrons. The van der Waals surface area contributed by atoms with Crippen molar-refractivity contribution in [1.82, 2.24) is 9.97 Å². The average molecular weight is 148 g/mol. The first-order valence-corrected chi connectivity index (χ1v) is 3.35. The van der Waals surface area contributed by atoms with Crippen LogP contribution in [0.2, 0.25) is 0 Å². The van der Waals surface area contributed by atoms with Crippen LogP contribution in [0, 0.1) is 0 Å². The predicted molar refractivity (Wildman–Crippen MR) is 43.3 cm³/mol. The van der Waals surface area contributed by atoms with Gasteiger partial charge in [-0.2, -0.15) is 0 Å². The predicted octanol–water partition coefficient (Wildman–Crippen LogP) is 0.828. The van der Waals surface area contributed by atoms with Gasteiger partial charge in [-0.05, 0) is 0 Å². The van der Waals surface area contributed by atoms with Crippen molar-refractivity contribution in [3.63, 3.8) is 0 Å². The summed E-state index contributed by atoms with van der Waals surface area (Å²) in [4.78, 5) is 7.90. The van der Waals surface area contributed by atoms with Crippen LogP contribution in [0.5, 0.6) is 0 Å². The summed E-state index contributed by atoms with van der Waals surface area (Å²) >= 11 is 0. The maximum Gasteiger partial charge on any atom is 0.157 e. The monoisotopic (exact) mass is 148 g/mol. The first-order valence-electron chi connectivity index (χ1n) is 3.35. The van der Waals surface area contributed by atoms with E-state index in [1.54, 1.807) is 6.20 Å².